The molecular formula is C20H25N5O4. The van der Waals surface area contributed by atoms with Gasteiger partial charge >= 0.3 is 17.7 Å². The summed E-state index contributed by atoms with van der Waals surface area (Å²) in [7, 11) is 0. The number of nitrogens with two attached hydrogens (primary N) is 1. The van der Waals surface area contributed by atoms with E-state index in [9.17, 15) is 9.59 Å². The SMILES string of the molecule is CCCCOc1nc(N)c2[nH]c(=O)n(Cc3cccc(C(=O)OCCC)c3)c2n1. The second kappa shape index (κ2) is 9.22. The zero-order valence-corrected chi connectivity index (χ0v) is 16.6. The molecule has 9 nitrogen and oxygen atoms in total. The van der Waals surface area contributed by atoms with Crippen molar-refractivity contribution in [2.75, 3.05) is 18.9 Å². The van der Waals surface area contributed by atoms with Crippen molar-refractivity contribution in [2.24, 2.45) is 0 Å². The molecule has 3 N–H and O–H groups in total. The van der Waals surface area contributed by atoms with E-state index < -0.39 is 5.97 Å². The molecule has 0 bridgehead atoms. The fourth-order valence-corrected chi connectivity index (χ4v) is 2.81. The number of aromatic amines is 1. The van der Waals surface area contributed by atoms with Crippen LogP contribution in [0.4, 0.5) is 5.82 Å². The molecule has 154 valence electrons. The van der Waals surface area contributed by atoms with Gasteiger partial charge in [-0.05, 0) is 30.5 Å². The first-order valence-electron chi connectivity index (χ1n) is 9.68. The predicted molar refractivity (Wildman–Crippen MR) is 109 cm³/mol. The molecule has 3 rings (SSSR count). The number of fused-ring (bicyclic) bond motifs is 1. The zero-order valence-electron chi connectivity index (χ0n) is 16.6. The standard InChI is InChI=1S/C20H25N5O4/c1-3-5-10-29-19-23-16(21)15-17(24-19)25(20(27)22-15)12-13-7-6-8-14(11-13)18(26)28-9-4-2/h6-8,11H,3-5,9-10,12H2,1-2H3,(H,22,27)(H2,21,23,24). The summed E-state index contributed by atoms with van der Waals surface area (Å²) < 4.78 is 12.2. The number of anilines is 1. The number of esters is 1. The Morgan fingerprint density at radius 2 is 2.03 bits per heavy atom. The molecule has 0 saturated carbocycles. The van der Waals surface area contributed by atoms with Crippen LogP contribution in [0.15, 0.2) is 29.1 Å². The molecule has 0 amide bonds. The Labute approximate surface area is 167 Å². The quantitative estimate of drug-likeness (QED) is 0.418. The molecular weight excluding hydrogens is 374 g/mol. The Bertz CT molecular complexity index is 1060. The fraction of sp³-hybridized carbons (Fsp3) is 0.400. The summed E-state index contributed by atoms with van der Waals surface area (Å²) in [4.78, 5) is 35.7. The molecule has 0 aliphatic heterocycles. The van der Waals surface area contributed by atoms with Gasteiger partial charge in [-0.15, -0.1) is 0 Å². The number of benzene rings is 1. The number of rotatable bonds is 9. The number of unbranched alkanes of at least 4 members (excludes halogenated alkanes) is 1. The summed E-state index contributed by atoms with van der Waals surface area (Å²) >= 11 is 0. The minimum absolute atomic E-state index is 0.132. The van der Waals surface area contributed by atoms with Crippen molar-refractivity contribution in [1.29, 1.82) is 0 Å². The lowest BCUT2D eigenvalue weighted by atomic mass is 10.1. The van der Waals surface area contributed by atoms with Crippen LogP contribution < -0.4 is 16.2 Å². The van der Waals surface area contributed by atoms with E-state index in [2.05, 4.69) is 21.9 Å². The third-order valence-electron chi connectivity index (χ3n) is 4.30. The second-order valence-electron chi connectivity index (χ2n) is 6.64. The molecule has 0 atom stereocenters. The molecule has 0 saturated heterocycles. The first kappa shape index (κ1) is 20.4. The largest absolute Gasteiger partial charge is 0.463 e. The lowest BCUT2D eigenvalue weighted by Gasteiger charge is -2.08. The number of hydrogen-bond donors (Lipinski definition) is 2. The number of H-pyrrole nitrogens is 1. The van der Waals surface area contributed by atoms with Crippen molar-refractivity contribution < 1.29 is 14.3 Å². The first-order valence-corrected chi connectivity index (χ1v) is 9.68. The number of carbonyl (C=O) groups excluding carboxylic acids is 1. The number of nitrogen functional groups attached to an aromatic ring is 1. The van der Waals surface area contributed by atoms with Gasteiger partial charge in [-0.2, -0.15) is 9.97 Å². The number of nitrogens with zero attached hydrogens (tertiary/aromatic N) is 3. The lowest BCUT2D eigenvalue weighted by Crippen LogP contribution is -2.18. The van der Waals surface area contributed by atoms with Crippen LogP contribution in [0.1, 0.15) is 49.0 Å². The van der Waals surface area contributed by atoms with Gasteiger partial charge in [-0.3, -0.25) is 4.57 Å². The van der Waals surface area contributed by atoms with Crippen molar-refractivity contribution in [3.05, 3.63) is 45.9 Å². The normalized spacial score (nSPS) is 11.0. The molecule has 1 aromatic carbocycles. The average Bonchev–Trinajstić information content (AvgIpc) is 3.03. The monoisotopic (exact) mass is 399 g/mol. The number of carbonyl (C=O) groups is 1. The van der Waals surface area contributed by atoms with Crippen LogP contribution in [-0.2, 0) is 11.3 Å². The Kier molecular flexibility index (Phi) is 6.48. The van der Waals surface area contributed by atoms with Crippen LogP contribution in [-0.4, -0.2) is 38.7 Å². The maximum atomic E-state index is 12.5. The molecule has 0 unspecified atom stereocenters. The number of aromatic nitrogens is 4. The fourth-order valence-electron chi connectivity index (χ4n) is 2.81. The highest BCUT2D eigenvalue weighted by molar-refractivity contribution is 5.89. The van der Waals surface area contributed by atoms with Gasteiger partial charge in [0, 0.05) is 0 Å². The van der Waals surface area contributed by atoms with E-state index in [1.807, 2.05) is 13.0 Å². The number of ether oxygens (including phenoxy) is 2. The van der Waals surface area contributed by atoms with Crippen molar-refractivity contribution in [1.82, 2.24) is 19.5 Å². The Balaban J connectivity index is 1.91. The third kappa shape index (κ3) is 4.74. The van der Waals surface area contributed by atoms with Crippen molar-refractivity contribution >= 4 is 23.0 Å². The van der Waals surface area contributed by atoms with Crippen molar-refractivity contribution in [2.45, 2.75) is 39.7 Å². The summed E-state index contributed by atoms with van der Waals surface area (Å²) in [6.07, 6.45) is 2.59. The summed E-state index contributed by atoms with van der Waals surface area (Å²) in [6, 6.07) is 7.09. The van der Waals surface area contributed by atoms with Crippen molar-refractivity contribution in [3.8, 4) is 6.01 Å². The minimum Gasteiger partial charge on any atom is -0.463 e. The highest BCUT2D eigenvalue weighted by atomic mass is 16.5. The van der Waals surface area contributed by atoms with Crippen LogP contribution in [0, 0.1) is 0 Å². The van der Waals surface area contributed by atoms with E-state index in [4.69, 9.17) is 15.2 Å². The summed E-state index contributed by atoms with van der Waals surface area (Å²) in [6.45, 7) is 5.03. The van der Waals surface area contributed by atoms with Gasteiger partial charge in [0.15, 0.2) is 11.5 Å². The Morgan fingerprint density at radius 1 is 1.21 bits per heavy atom. The van der Waals surface area contributed by atoms with E-state index in [1.54, 1.807) is 18.2 Å². The van der Waals surface area contributed by atoms with Gasteiger partial charge in [0.25, 0.3) is 0 Å². The van der Waals surface area contributed by atoms with Crippen LogP contribution in [0.2, 0.25) is 0 Å². The molecule has 3 aromatic rings. The van der Waals surface area contributed by atoms with Gasteiger partial charge in [-0.25, -0.2) is 9.59 Å². The topological polar surface area (TPSA) is 125 Å². The Hall–Kier alpha value is -3.36. The summed E-state index contributed by atoms with van der Waals surface area (Å²) in [5, 5.41) is 0. The van der Waals surface area contributed by atoms with E-state index in [-0.39, 0.29) is 24.1 Å². The van der Waals surface area contributed by atoms with Crippen LogP contribution in [0.3, 0.4) is 0 Å². The van der Waals surface area contributed by atoms with E-state index in [0.29, 0.717) is 29.9 Å². The second-order valence-corrected chi connectivity index (χ2v) is 6.64. The van der Waals surface area contributed by atoms with Crippen molar-refractivity contribution in [3.63, 3.8) is 0 Å². The van der Waals surface area contributed by atoms with Crippen LogP contribution in [0.5, 0.6) is 6.01 Å². The maximum Gasteiger partial charge on any atom is 0.338 e. The molecule has 0 aliphatic rings. The first-order chi connectivity index (χ1) is 14.0. The summed E-state index contributed by atoms with van der Waals surface area (Å²) in [5.74, 6) is -0.243. The number of imidazole rings is 1. The highest BCUT2D eigenvalue weighted by Gasteiger charge is 2.16. The smallest absolute Gasteiger partial charge is 0.338 e. The predicted octanol–water partition coefficient (Wildman–Crippen LogP) is 2.50. The van der Waals surface area contributed by atoms with E-state index in [1.165, 1.54) is 4.57 Å². The molecule has 0 aliphatic carbocycles. The van der Waals surface area contributed by atoms with E-state index in [0.717, 1.165) is 24.8 Å². The summed E-state index contributed by atoms with van der Waals surface area (Å²) in [5.41, 5.74) is 7.50. The molecule has 9 heteroatoms. The van der Waals surface area contributed by atoms with Crippen LogP contribution >= 0.6 is 0 Å². The van der Waals surface area contributed by atoms with Gasteiger partial charge in [-0.1, -0.05) is 32.4 Å². The Morgan fingerprint density at radius 3 is 2.79 bits per heavy atom. The highest BCUT2D eigenvalue weighted by Crippen LogP contribution is 2.19. The lowest BCUT2D eigenvalue weighted by molar-refractivity contribution is 0.0505. The number of hydrogen-bond acceptors (Lipinski definition) is 7. The maximum absolute atomic E-state index is 12.5. The minimum atomic E-state index is -0.391. The molecule has 0 spiro atoms. The average molecular weight is 399 g/mol. The molecule has 2 heterocycles. The van der Waals surface area contributed by atoms with Gasteiger partial charge in [0.2, 0.25) is 0 Å². The number of nitrogens with one attached hydrogen (secondary N) is 1. The van der Waals surface area contributed by atoms with Gasteiger partial charge < -0.3 is 20.2 Å². The third-order valence-corrected chi connectivity index (χ3v) is 4.30. The van der Waals surface area contributed by atoms with Crippen LogP contribution in [0.25, 0.3) is 11.2 Å². The zero-order chi connectivity index (χ0) is 20.8. The molecule has 0 fully saturated rings. The molecule has 2 aromatic heterocycles. The van der Waals surface area contributed by atoms with Gasteiger partial charge in [0.05, 0.1) is 25.3 Å². The molecule has 0 radical (unpaired) electrons. The van der Waals surface area contributed by atoms with E-state index >= 15 is 0 Å². The molecule has 29 heavy (non-hydrogen) atoms. The van der Waals surface area contributed by atoms with Gasteiger partial charge in [0.1, 0.15) is 5.52 Å².